The third-order valence-electron chi connectivity index (χ3n) is 8.74. The standard InChI is InChI=1S/C26H25ClF5N5O2/c1-23(26(30,31)32)12-36(17-10-33-19-9-18(27)35-37(19)21(17)23)16-5-3-14(4-6-16)20-24(2,25(20,28)29)22(39)34-15-7-13(8-15)11-38/h3-6,9-10,13,15,20,38H,7-8,11-12H2,1-2H3,(H,34,39)/t13?,15?,20-,23-,24+/m1/s1. The molecule has 3 atom stereocenters. The Bertz CT molecular complexity index is 1470. The summed E-state index contributed by atoms with van der Waals surface area (Å²) in [5.74, 6) is -5.34. The summed E-state index contributed by atoms with van der Waals surface area (Å²) in [6.07, 6.45) is -2.22. The first-order valence-electron chi connectivity index (χ1n) is 12.5. The lowest BCUT2D eigenvalue weighted by atomic mass is 9.80. The molecule has 2 saturated carbocycles. The van der Waals surface area contributed by atoms with Crippen molar-refractivity contribution in [1.82, 2.24) is 19.9 Å². The van der Waals surface area contributed by atoms with Crippen molar-refractivity contribution in [3.8, 4) is 0 Å². The van der Waals surface area contributed by atoms with E-state index in [0.717, 1.165) is 11.4 Å². The predicted octanol–water partition coefficient (Wildman–Crippen LogP) is 4.98. The molecule has 2 fully saturated rings. The number of hydrogen-bond donors (Lipinski definition) is 2. The van der Waals surface area contributed by atoms with Gasteiger partial charge in [-0.15, -0.1) is 0 Å². The van der Waals surface area contributed by atoms with E-state index in [4.69, 9.17) is 16.7 Å². The van der Waals surface area contributed by atoms with Gasteiger partial charge in [0.15, 0.2) is 10.8 Å². The van der Waals surface area contributed by atoms with Crippen LogP contribution in [-0.4, -0.2) is 56.9 Å². The van der Waals surface area contributed by atoms with E-state index in [2.05, 4.69) is 15.4 Å². The van der Waals surface area contributed by atoms with E-state index in [1.165, 1.54) is 48.4 Å². The molecule has 0 spiro atoms. The second-order valence-corrected chi connectivity index (χ2v) is 11.6. The van der Waals surface area contributed by atoms with Crippen LogP contribution in [0.5, 0.6) is 0 Å². The third-order valence-corrected chi connectivity index (χ3v) is 8.92. The maximum atomic E-state index is 15.0. The molecule has 0 saturated heterocycles. The van der Waals surface area contributed by atoms with Crippen molar-refractivity contribution < 1.29 is 31.9 Å². The highest BCUT2D eigenvalue weighted by Crippen LogP contribution is 2.71. The molecular weight excluding hydrogens is 545 g/mol. The third kappa shape index (κ3) is 3.60. The number of aliphatic hydroxyl groups is 1. The molecular formula is C26H25ClF5N5O2. The van der Waals surface area contributed by atoms with Crippen LogP contribution in [0.3, 0.4) is 0 Å². The number of carbonyl (C=O) groups is 1. The number of rotatable bonds is 5. The zero-order valence-corrected chi connectivity index (χ0v) is 21.7. The lowest BCUT2D eigenvalue weighted by Crippen LogP contribution is -2.48. The van der Waals surface area contributed by atoms with Crippen LogP contribution in [0.25, 0.3) is 5.65 Å². The van der Waals surface area contributed by atoms with Crippen LogP contribution in [0.15, 0.2) is 36.5 Å². The van der Waals surface area contributed by atoms with Crippen LogP contribution in [-0.2, 0) is 10.2 Å². The van der Waals surface area contributed by atoms with Gasteiger partial charge in [0.2, 0.25) is 5.91 Å². The number of alkyl halides is 5. The first-order valence-corrected chi connectivity index (χ1v) is 12.9. The molecule has 2 N–H and O–H groups in total. The number of benzene rings is 1. The summed E-state index contributed by atoms with van der Waals surface area (Å²) in [6, 6.07) is 6.94. The number of nitrogens with zero attached hydrogens (tertiary/aromatic N) is 4. The molecule has 3 heterocycles. The molecule has 13 heteroatoms. The summed E-state index contributed by atoms with van der Waals surface area (Å²) < 4.78 is 74.3. The van der Waals surface area contributed by atoms with E-state index < -0.39 is 41.3 Å². The van der Waals surface area contributed by atoms with Gasteiger partial charge < -0.3 is 15.3 Å². The molecule has 208 valence electrons. The zero-order chi connectivity index (χ0) is 28.1. The minimum Gasteiger partial charge on any atom is -0.396 e. The van der Waals surface area contributed by atoms with E-state index in [-0.39, 0.29) is 46.3 Å². The van der Waals surface area contributed by atoms with Gasteiger partial charge in [-0.05, 0) is 50.3 Å². The number of hydrogen-bond acceptors (Lipinski definition) is 5. The van der Waals surface area contributed by atoms with Gasteiger partial charge in [0.25, 0.3) is 5.92 Å². The van der Waals surface area contributed by atoms with Gasteiger partial charge in [-0.2, -0.15) is 18.3 Å². The summed E-state index contributed by atoms with van der Waals surface area (Å²) >= 11 is 5.95. The fourth-order valence-corrected chi connectivity index (χ4v) is 6.26. The van der Waals surface area contributed by atoms with Crippen LogP contribution in [0.2, 0.25) is 5.15 Å². The van der Waals surface area contributed by atoms with E-state index in [1.807, 2.05) is 0 Å². The summed E-state index contributed by atoms with van der Waals surface area (Å²) in [4.78, 5) is 18.5. The summed E-state index contributed by atoms with van der Waals surface area (Å²) in [7, 11) is 0. The van der Waals surface area contributed by atoms with Gasteiger partial charge in [-0.3, -0.25) is 4.79 Å². The molecule has 2 aromatic heterocycles. The first kappa shape index (κ1) is 26.2. The number of carbonyl (C=O) groups excluding carboxylic acids is 1. The lowest BCUT2D eigenvalue weighted by Gasteiger charge is -2.35. The van der Waals surface area contributed by atoms with Crippen molar-refractivity contribution in [3.63, 3.8) is 0 Å². The average molecular weight is 570 g/mol. The Hall–Kier alpha value is -2.99. The van der Waals surface area contributed by atoms with E-state index in [9.17, 15) is 18.0 Å². The molecule has 39 heavy (non-hydrogen) atoms. The Morgan fingerprint density at radius 2 is 1.87 bits per heavy atom. The maximum Gasteiger partial charge on any atom is 0.401 e. The van der Waals surface area contributed by atoms with Crippen molar-refractivity contribution >= 4 is 34.5 Å². The molecule has 2 aliphatic carbocycles. The van der Waals surface area contributed by atoms with Crippen LogP contribution < -0.4 is 10.2 Å². The van der Waals surface area contributed by atoms with Crippen molar-refractivity contribution in [3.05, 3.63) is 52.9 Å². The maximum absolute atomic E-state index is 15.0. The molecule has 1 aromatic carbocycles. The van der Waals surface area contributed by atoms with Gasteiger partial charge in [0, 0.05) is 30.9 Å². The second-order valence-electron chi connectivity index (χ2n) is 11.2. The van der Waals surface area contributed by atoms with Crippen LogP contribution in [0.1, 0.15) is 43.9 Å². The van der Waals surface area contributed by atoms with Gasteiger partial charge >= 0.3 is 6.18 Å². The molecule has 0 radical (unpaired) electrons. The topological polar surface area (TPSA) is 82.8 Å². The van der Waals surface area contributed by atoms with E-state index in [1.54, 1.807) is 0 Å². The summed E-state index contributed by atoms with van der Waals surface area (Å²) in [5, 5.41) is 15.8. The Labute approximate surface area is 225 Å². The second kappa shape index (κ2) is 8.26. The van der Waals surface area contributed by atoms with Gasteiger partial charge in [0.1, 0.15) is 10.8 Å². The Morgan fingerprint density at radius 3 is 2.49 bits per heavy atom. The Kier molecular flexibility index (Phi) is 5.56. The van der Waals surface area contributed by atoms with Gasteiger partial charge in [-0.25, -0.2) is 18.3 Å². The predicted molar refractivity (Wildman–Crippen MR) is 132 cm³/mol. The quantitative estimate of drug-likeness (QED) is 0.424. The largest absolute Gasteiger partial charge is 0.401 e. The molecule has 1 amide bonds. The van der Waals surface area contributed by atoms with Crippen LogP contribution >= 0.6 is 11.6 Å². The smallest absolute Gasteiger partial charge is 0.396 e. The average Bonchev–Trinajstić information content (AvgIpc) is 3.12. The number of aliphatic hydroxyl groups excluding tert-OH is 1. The van der Waals surface area contributed by atoms with Crippen molar-refractivity contribution in [1.29, 1.82) is 0 Å². The minimum atomic E-state index is -4.63. The summed E-state index contributed by atoms with van der Waals surface area (Å²) in [6.45, 7) is 1.82. The highest BCUT2D eigenvalue weighted by atomic mass is 35.5. The molecule has 6 rings (SSSR count). The van der Waals surface area contributed by atoms with Crippen LogP contribution in [0, 0.1) is 11.3 Å². The molecule has 1 aliphatic heterocycles. The highest BCUT2D eigenvalue weighted by Gasteiger charge is 2.82. The zero-order valence-electron chi connectivity index (χ0n) is 20.9. The SMILES string of the molecule is C[C@@]1(C(F)(F)F)CN(c2ccc([C@H]3C(F)(F)[C@]3(C)C(=O)NC3CC(CO)C3)cc2)c2cnc3cc(Cl)nn3c21. The van der Waals surface area contributed by atoms with E-state index in [0.29, 0.717) is 18.5 Å². The number of aromatic nitrogens is 3. The normalized spacial score (nSPS) is 31.2. The van der Waals surface area contributed by atoms with Crippen molar-refractivity contribution in [2.45, 2.75) is 56.2 Å². The molecule has 0 unspecified atom stereocenters. The fraction of sp³-hybridized carbons (Fsp3) is 0.500. The number of anilines is 2. The van der Waals surface area contributed by atoms with Gasteiger partial charge in [0.05, 0.1) is 23.5 Å². The molecule has 3 aliphatic rings. The summed E-state index contributed by atoms with van der Waals surface area (Å²) in [5.41, 5.74) is -3.45. The number of nitrogens with one attached hydrogen (secondary N) is 1. The first-order chi connectivity index (χ1) is 18.2. The number of amides is 1. The van der Waals surface area contributed by atoms with E-state index >= 15 is 8.78 Å². The highest BCUT2D eigenvalue weighted by molar-refractivity contribution is 6.29. The fourth-order valence-electron chi connectivity index (χ4n) is 6.08. The van der Waals surface area contributed by atoms with Crippen LogP contribution in [0.4, 0.5) is 33.3 Å². The molecule has 7 nitrogen and oxygen atoms in total. The molecule has 3 aromatic rings. The number of fused-ring (bicyclic) bond motifs is 3. The van der Waals surface area contributed by atoms with Crippen molar-refractivity contribution in [2.75, 3.05) is 18.1 Å². The lowest BCUT2D eigenvalue weighted by molar-refractivity contribution is -0.181. The Balaban J connectivity index is 1.29. The number of halogens is 6. The van der Waals surface area contributed by atoms with Gasteiger partial charge in [-0.1, -0.05) is 23.7 Å². The van der Waals surface area contributed by atoms with Crippen molar-refractivity contribution in [2.24, 2.45) is 11.3 Å². The molecule has 0 bridgehead atoms. The minimum absolute atomic E-state index is 0.00495. The Morgan fingerprint density at radius 1 is 1.21 bits per heavy atom. The monoisotopic (exact) mass is 569 g/mol.